The minimum atomic E-state index is 0.725. The molecule has 2 atom stereocenters. The van der Waals surface area contributed by atoms with Gasteiger partial charge >= 0.3 is 0 Å². The summed E-state index contributed by atoms with van der Waals surface area (Å²) in [6.07, 6.45) is 5.65. The van der Waals surface area contributed by atoms with Gasteiger partial charge in [-0.3, -0.25) is 14.7 Å². The van der Waals surface area contributed by atoms with Crippen molar-refractivity contribution in [2.45, 2.75) is 89.6 Å². The second kappa shape index (κ2) is 6.86. The van der Waals surface area contributed by atoms with Crippen LogP contribution in [0.3, 0.4) is 0 Å². The maximum absolute atomic E-state index is 2.90. The van der Waals surface area contributed by atoms with E-state index in [4.69, 9.17) is 0 Å². The van der Waals surface area contributed by atoms with Gasteiger partial charge in [-0.15, -0.1) is 0 Å². The topological polar surface area (TPSA) is 13.0 Å². The first-order chi connectivity index (χ1) is 11.5. The molecule has 0 aromatic heterocycles. The predicted molar refractivity (Wildman–Crippen MR) is 100 cm³/mol. The second-order valence-corrected chi connectivity index (χ2v) is 9.34. The molecule has 0 saturated carbocycles. The van der Waals surface area contributed by atoms with Crippen molar-refractivity contribution in [3.8, 4) is 0 Å². The quantitative estimate of drug-likeness (QED) is 0.780. The highest BCUT2D eigenvalue weighted by Gasteiger charge is 2.46. The summed E-state index contributed by atoms with van der Waals surface area (Å²) in [4.78, 5) is 11.1. The zero-order valence-electron chi connectivity index (χ0n) is 16.3. The second-order valence-electron chi connectivity index (χ2n) is 9.34. The highest BCUT2D eigenvalue weighted by Crippen LogP contribution is 2.34. The fraction of sp³-hybridized carbons (Fsp3) is 1.00. The Balaban J connectivity index is 1.25. The van der Waals surface area contributed by atoms with Crippen molar-refractivity contribution in [3.63, 3.8) is 0 Å². The molecule has 5 heterocycles. The Hall–Kier alpha value is -0.160. The summed E-state index contributed by atoms with van der Waals surface area (Å²) in [5.41, 5.74) is 0. The lowest BCUT2D eigenvalue weighted by Gasteiger charge is -2.59. The van der Waals surface area contributed by atoms with Crippen LogP contribution in [0.1, 0.15) is 53.4 Å². The van der Waals surface area contributed by atoms with E-state index in [0.717, 1.165) is 36.3 Å². The number of likely N-dealkylation sites (tertiary alicyclic amines) is 2. The molecule has 0 aromatic carbocycles. The molecule has 0 aliphatic carbocycles. The van der Waals surface area contributed by atoms with Crippen LogP contribution in [0.2, 0.25) is 0 Å². The molecule has 0 radical (unpaired) electrons. The van der Waals surface area contributed by atoms with Crippen LogP contribution in [0, 0.1) is 0 Å². The van der Waals surface area contributed by atoms with Crippen LogP contribution in [-0.4, -0.2) is 95.1 Å². The maximum Gasteiger partial charge on any atom is 0.0354 e. The molecule has 0 amide bonds. The zero-order chi connectivity index (χ0) is 16.8. The van der Waals surface area contributed by atoms with Crippen molar-refractivity contribution in [3.05, 3.63) is 0 Å². The molecule has 2 bridgehead atoms. The molecular formula is C20H38N4. The summed E-state index contributed by atoms with van der Waals surface area (Å²) in [7, 11) is 0. The number of nitrogens with zero attached hydrogens (tertiary/aromatic N) is 4. The molecule has 24 heavy (non-hydrogen) atoms. The summed E-state index contributed by atoms with van der Waals surface area (Å²) in [6, 6.07) is 4.85. The van der Waals surface area contributed by atoms with Crippen molar-refractivity contribution in [1.29, 1.82) is 0 Å². The molecule has 5 rings (SSSR count). The van der Waals surface area contributed by atoms with Crippen molar-refractivity contribution in [2.24, 2.45) is 0 Å². The van der Waals surface area contributed by atoms with Gasteiger partial charge in [0.1, 0.15) is 0 Å². The van der Waals surface area contributed by atoms with Crippen LogP contribution in [0.15, 0.2) is 0 Å². The van der Waals surface area contributed by atoms with Crippen LogP contribution in [0.25, 0.3) is 0 Å². The van der Waals surface area contributed by atoms with E-state index in [9.17, 15) is 0 Å². The van der Waals surface area contributed by atoms with Crippen LogP contribution in [0.5, 0.6) is 0 Å². The number of fused-ring (bicyclic) bond motifs is 3. The molecule has 2 unspecified atom stereocenters. The van der Waals surface area contributed by atoms with Gasteiger partial charge < -0.3 is 4.90 Å². The zero-order valence-corrected chi connectivity index (χ0v) is 16.3. The number of hydrogen-bond acceptors (Lipinski definition) is 4. The smallest absolute Gasteiger partial charge is 0.0354 e. The van der Waals surface area contributed by atoms with Gasteiger partial charge in [0.15, 0.2) is 0 Å². The van der Waals surface area contributed by atoms with E-state index in [-0.39, 0.29) is 0 Å². The van der Waals surface area contributed by atoms with Crippen molar-refractivity contribution < 1.29 is 0 Å². The Labute approximate surface area is 149 Å². The molecule has 5 fully saturated rings. The molecule has 0 spiro atoms. The molecule has 138 valence electrons. The molecule has 5 aliphatic rings. The molecule has 0 aromatic rings. The standard InChI is InChI=1S/C20H38N4/c1-15(2)21-9-7-17(8-10-21)22-11-20(12-22)24-14-18-5-6-19(24)13-23(18)16(3)4/h15-20H,5-14H2,1-4H3. The lowest BCUT2D eigenvalue weighted by Crippen LogP contribution is -2.72. The van der Waals surface area contributed by atoms with Crippen LogP contribution in [-0.2, 0) is 0 Å². The van der Waals surface area contributed by atoms with E-state index < -0.39 is 0 Å². The number of rotatable bonds is 4. The van der Waals surface area contributed by atoms with Gasteiger partial charge in [-0.2, -0.15) is 0 Å². The van der Waals surface area contributed by atoms with Gasteiger partial charge in [0.25, 0.3) is 0 Å². The van der Waals surface area contributed by atoms with E-state index >= 15 is 0 Å². The van der Waals surface area contributed by atoms with Crippen LogP contribution in [0.4, 0.5) is 0 Å². The van der Waals surface area contributed by atoms with Gasteiger partial charge in [-0.1, -0.05) is 0 Å². The molecule has 4 nitrogen and oxygen atoms in total. The third kappa shape index (κ3) is 3.15. The normalized spacial score (nSPS) is 35.2. The van der Waals surface area contributed by atoms with E-state index in [1.807, 2.05) is 0 Å². The molecular weight excluding hydrogens is 296 g/mol. The predicted octanol–water partition coefficient (Wildman–Crippen LogP) is 2.10. The number of hydrogen-bond donors (Lipinski definition) is 0. The first-order valence-corrected chi connectivity index (χ1v) is 10.5. The molecule has 0 N–H and O–H groups in total. The SMILES string of the molecule is CC(C)N1CCC(N2CC(N3CC4CCC3CN4C(C)C)C2)CC1. The van der Waals surface area contributed by atoms with E-state index in [0.29, 0.717) is 0 Å². The number of piperidine rings is 3. The van der Waals surface area contributed by atoms with Crippen molar-refractivity contribution in [2.75, 3.05) is 39.3 Å². The number of piperazine rings is 1. The minimum Gasteiger partial charge on any atom is -0.301 e. The lowest BCUT2D eigenvalue weighted by atomic mass is 9.86. The van der Waals surface area contributed by atoms with Gasteiger partial charge in [-0.05, 0) is 66.5 Å². The Bertz CT molecular complexity index is 423. The van der Waals surface area contributed by atoms with Gasteiger partial charge in [-0.25, -0.2) is 0 Å². The molecule has 5 saturated heterocycles. The van der Waals surface area contributed by atoms with Crippen LogP contribution >= 0.6 is 0 Å². The third-order valence-electron chi connectivity index (χ3n) is 7.38. The molecule has 4 heteroatoms. The Morgan fingerprint density at radius 1 is 0.625 bits per heavy atom. The Morgan fingerprint density at radius 2 is 1.29 bits per heavy atom. The lowest BCUT2D eigenvalue weighted by molar-refractivity contribution is -0.101. The summed E-state index contributed by atoms with van der Waals surface area (Å²) >= 11 is 0. The minimum absolute atomic E-state index is 0.725. The van der Waals surface area contributed by atoms with Crippen molar-refractivity contribution >= 4 is 0 Å². The maximum atomic E-state index is 2.90. The summed E-state index contributed by atoms with van der Waals surface area (Å²) < 4.78 is 0. The van der Waals surface area contributed by atoms with Gasteiger partial charge in [0, 0.05) is 62.4 Å². The van der Waals surface area contributed by atoms with Crippen LogP contribution < -0.4 is 0 Å². The summed E-state index contributed by atoms with van der Waals surface area (Å²) in [5.74, 6) is 0. The first kappa shape index (κ1) is 17.3. The summed E-state index contributed by atoms with van der Waals surface area (Å²) in [5, 5.41) is 0. The Morgan fingerprint density at radius 3 is 1.83 bits per heavy atom. The highest BCUT2D eigenvalue weighted by atomic mass is 15.4. The van der Waals surface area contributed by atoms with Gasteiger partial charge in [0.2, 0.25) is 0 Å². The van der Waals surface area contributed by atoms with E-state index in [1.165, 1.54) is 65.0 Å². The van der Waals surface area contributed by atoms with Crippen molar-refractivity contribution in [1.82, 2.24) is 19.6 Å². The fourth-order valence-electron chi connectivity index (χ4n) is 5.74. The molecule has 5 aliphatic heterocycles. The van der Waals surface area contributed by atoms with Gasteiger partial charge in [0.05, 0.1) is 0 Å². The monoisotopic (exact) mass is 334 g/mol. The summed E-state index contributed by atoms with van der Waals surface area (Å²) in [6.45, 7) is 17.4. The third-order valence-corrected chi connectivity index (χ3v) is 7.38. The largest absolute Gasteiger partial charge is 0.301 e. The van der Waals surface area contributed by atoms with E-state index in [2.05, 4.69) is 47.3 Å². The average molecular weight is 335 g/mol. The average Bonchev–Trinajstić information content (AvgIpc) is 2.54. The highest BCUT2D eigenvalue weighted by molar-refractivity contribution is 5.03. The Kier molecular flexibility index (Phi) is 4.94. The van der Waals surface area contributed by atoms with E-state index in [1.54, 1.807) is 0 Å². The fourth-order valence-corrected chi connectivity index (χ4v) is 5.74. The first-order valence-electron chi connectivity index (χ1n) is 10.5.